The number of carbonyl (C=O) groups excluding carboxylic acids is 3. The van der Waals surface area contributed by atoms with Crippen molar-refractivity contribution < 1.29 is 28.6 Å². The standard InChI is InChI=1S/C69H112O6/c1-4-7-10-13-16-19-21-23-25-27-29-31-32-33-34-35-36-38-39-41-43-45-47-50-53-56-59-62-68(71)74-65-66(64-73-67(70)61-58-55-52-49-18-15-12-9-6-3)75-69(72)63-60-57-54-51-48-46-44-42-40-37-30-28-26-24-22-20-17-14-11-8-5-2/h7-8,10-11,16-17,19-20,23-26,29-31,33-34,37,42,44,48,51,66H,4-6,9,12-15,18,21-22,27-28,32,35-36,38-41,43,45-47,49-50,52-65H2,1-3H3/b10-7-,11-8-,19-16-,20-17-,25-23-,26-24-,31-29-,34-33-,37-30-,44-42-,51-48-. The van der Waals surface area contributed by atoms with Crippen LogP contribution in [0.3, 0.4) is 0 Å². The monoisotopic (exact) mass is 1040 g/mol. The molecule has 0 N–H and O–H groups in total. The maximum Gasteiger partial charge on any atom is 0.306 e. The Labute approximate surface area is 462 Å². The van der Waals surface area contributed by atoms with Crippen molar-refractivity contribution in [3.05, 3.63) is 134 Å². The third-order valence-electron chi connectivity index (χ3n) is 12.7. The number of hydrogen-bond acceptors (Lipinski definition) is 6. The Morgan fingerprint density at radius 3 is 0.840 bits per heavy atom. The first kappa shape index (κ1) is 70.5. The zero-order chi connectivity index (χ0) is 54.3. The van der Waals surface area contributed by atoms with E-state index < -0.39 is 6.10 Å². The van der Waals surface area contributed by atoms with Crippen molar-refractivity contribution in [3.8, 4) is 0 Å². The van der Waals surface area contributed by atoms with Crippen molar-refractivity contribution >= 4 is 17.9 Å². The Kier molecular flexibility index (Phi) is 58.4. The topological polar surface area (TPSA) is 78.9 Å². The molecule has 0 saturated carbocycles. The van der Waals surface area contributed by atoms with Crippen LogP contribution in [0.5, 0.6) is 0 Å². The highest BCUT2D eigenvalue weighted by Crippen LogP contribution is 2.15. The summed E-state index contributed by atoms with van der Waals surface area (Å²) in [4.78, 5) is 38.1. The molecule has 0 aromatic heterocycles. The fourth-order valence-electron chi connectivity index (χ4n) is 8.12. The molecule has 424 valence electrons. The van der Waals surface area contributed by atoms with Gasteiger partial charge in [-0.05, 0) is 116 Å². The molecule has 0 rings (SSSR count). The molecule has 0 aromatic rings. The van der Waals surface area contributed by atoms with Gasteiger partial charge >= 0.3 is 17.9 Å². The number of hydrogen-bond donors (Lipinski definition) is 0. The van der Waals surface area contributed by atoms with Crippen LogP contribution in [0.25, 0.3) is 0 Å². The van der Waals surface area contributed by atoms with Crippen LogP contribution in [0, 0.1) is 0 Å². The van der Waals surface area contributed by atoms with E-state index in [0.29, 0.717) is 19.3 Å². The predicted molar refractivity (Wildman–Crippen MR) is 325 cm³/mol. The van der Waals surface area contributed by atoms with Gasteiger partial charge in [0, 0.05) is 19.3 Å². The summed E-state index contributed by atoms with van der Waals surface area (Å²) in [7, 11) is 0. The molecule has 0 amide bonds. The highest BCUT2D eigenvalue weighted by molar-refractivity contribution is 5.71. The van der Waals surface area contributed by atoms with Gasteiger partial charge in [0.15, 0.2) is 6.10 Å². The molecule has 0 saturated heterocycles. The Hall–Kier alpha value is -4.45. The molecule has 0 radical (unpaired) electrons. The molecule has 0 aliphatic carbocycles. The van der Waals surface area contributed by atoms with Crippen LogP contribution in [-0.2, 0) is 28.6 Å². The molecule has 0 heterocycles. The third kappa shape index (κ3) is 60.3. The zero-order valence-corrected chi connectivity index (χ0v) is 48.5. The summed E-state index contributed by atoms with van der Waals surface area (Å²) in [6.07, 6.45) is 87.5. The fraction of sp³-hybridized carbons (Fsp3) is 0.638. The second-order valence-corrected chi connectivity index (χ2v) is 19.9. The maximum atomic E-state index is 12.9. The smallest absolute Gasteiger partial charge is 0.306 e. The van der Waals surface area contributed by atoms with Crippen LogP contribution >= 0.6 is 0 Å². The lowest BCUT2D eigenvalue weighted by Gasteiger charge is -2.18. The predicted octanol–water partition coefficient (Wildman–Crippen LogP) is 21.0. The van der Waals surface area contributed by atoms with Crippen LogP contribution < -0.4 is 0 Å². The van der Waals surface area contributed by atoms with Gasteiger partial charge in [-0.2, -0.15) is 0 Å². The van der Waals surface area contributed by atoms with Gasteiger partial charge < -0.3 is 14.2 Å². The third-order valence-corrected chi connectivity index (χ3v) is 12.7. The van der Waals surface area contributed by atoms with E-state index in [1.165, 1.54) is 96.3 Å². The van der Waals surface area contributed by atoms with E-state index in [1.807, 2.05) is 0 Å². The van der Waals surface area contributed by atoms with Crippen molar-refractivity contribution in [2.45, 2.75) is 271 Å². The van der Waals surface area contributed by atoms with Crippen molar-refractivity contribution in [2.75, 3.05) is 13.2 Å². The van der Waals surface area contributed by atoms with Crippen LogP contribution in [-0.4, -0.2) is 37.2 Å². The summed E-state index contributed by atoms with van der Waals surface area (Å²) in [5.74, 6) is -0.949. The average Bonchev–Trinajstić information content (AvgIpc) is 3.41. The summed E-state index contributed by atoms with van der Waals surface area (Å²) in [6, 6.07) is 0. The summed E-state index contributed by atoms with van der Waals surface area (Å²) in [5, 5.41) is 0. The molecule has 6 heteroatoms. The van der Waals surface area contributed by atoms with Crippen molar-refractivity contribution in [3.63, 3.8) is 0 Å². The van der Waals surface area contributed by atoms with E-state index >= 15 is 0 Å². The number of ether oxygens (including phenoxy) is 3. The summed E-state index contributed by atoms with van der Waals surface area (Å²) in [6.45, 7) is 6.35. The minimum atomic E-state index is -0.805. The van der Waals surface area contributed by atoms with Crippen LogP contribution in [0.1, 0.15) is 265 Å². The van der Waals surface area contributed by atoms with Crippen LogP contribution in [0.15, 0.2) is 134 Å². The summed E-state index contributed by atoms with van der Waals surface area (Å²) >= 11 is 0. The number of rotatable bonds is 54. The molecule has 1 atom stereocenters. The minimum absolute atomic E-state index is 0.0983. The van der Waals surface area contributed by atoms with Crippen molar-refractivity contribution in [2.24, 2.45) is 0 Å². The fourth-order valence-corrected chi connectivity index (χ4v) is 8.12. The van der Waals surface area contributed by atoms with E-state index in [1.54, 1.807) is 0 Å². The van der Waals surface area contributed by atoms with E-state index in [-0.39, 0.29) is 37.5 Å². The Balaban J connectivity index is 4.32. The van der Waals surface area contributed by atoms with Gasteiger partial charge in [-0.3, -0.25) is 14.4 Å². The first-order valence-electron chi connectivity index (χ1n) is 30.7. The molecule has 0 aromatic carbocycles. The van der Waals surface area contributed by atoms with Gasteiger partial charge in [-0.15, -0.1) is 0 Å². The molecule has 1 unspecified atom stereocenters. The highest BCUT2D eigenvalue weighted by atomic mass is 16.6. The highest BCUT2D eigenvalue weighted by Gasteiger charge is 2.19. The van der Waals surface area contributed by atoms with Gasteiger partial charge in [0.25, 0.3) is 0 Å². The Morgan fingerprint density at radius 2 is 0.520 bits per heavy atom. The first-order valence-corrected chi connectivity index (χ1v) is 30.7. The lowest BCUT2D eigenvalue weighted by Crippen LogP contribution is -2.30. The number of allylic oxidation sites excluding steroid dienone is 22. The van der Waals surface area contributed by atoms with Crippen LogP contribution in [0.2, 0.25) is 0 Å². The quantitative estimate of drug-likeness (QED) is 0.0261. The largest absolute Gasteiger partial charge is 0.462 e. The van der Waals surface area contributed by atoms with E-state index in [2.05, 4.69) is 154 Å². The van der Waals surface area contributed by atoms with Gasteiger partial charge in [0.05, 0.1) is 0 Å². The molecule has 75 heavy (non-hydrogen) atoms. The van der Waals surface area contributed by atoms with Gasteiger partial charge in [0.1, 0.15) is 13.2 Å². The summed E-state index contributed by atoms with van der Waals surface area (Å²) in [5.41, 5.74) is 0. The lowest BCUT2D eigenvalue weighted by molar-refractivity contribution is -0.167. The second-order valence-electron chi connectivity index (χ2n) is 19.9. The van der Waals surface area contributed by atoms with Gasteiger partial charge in [-0.25, -0.2) is 0 Å². The normalized spacial score (nSPS) is 13.1. The Bertz CT molecular complexity index is 1620. The van der Waals surface area contributed by atoms with Gasteiger partial charge in [0.2, 0.25) is 0 Å². The SMILES string of the molecule is CC/C=C\C/C=C\C/C=C\C/C=C\C/C=C\C/C=C\CCCCC(=O)OC(COC(=O)CCCCCCCCCCC)COC(=O)CCCCCCCCCCCCC/C=C\C/C=C\C/C=C\C/C=C\C/C=C\CC. The van der Waals surface area contributed by atoms with E-state index in [9.17, 15) is 14.4 Å². The lowest BCUT2D eigenvalue weighted by atomic mass is 10.0. The van der Waals surface area contributed by atoms with E-state index in [0.717, 1.165) is 122 Å². The molecule has 0 aliphatic heterocycles. The molecular weight excluding hydrogens is 925 g/mol. The second kappa shape index (κ2) is 62.1. The summed E-state index contributed by atoms with van der Waals surface area (Å²) < 4.78 is 16.8. The number of unbranched alkanes of at least 4 members (excludes halogenated alkanes) is 21. The molecule has 0 aliphatic rings. The first-order chi connectivity index (χ1) is 37.0. The van der Waals surface area contributed by atoms with E-state index in [4.69, 9.17) is 14.2 Å². The van der Waals surface area contributed by atoms with Crippen molar-refractivity contribution in [1.82, 2.24) is 0 Å². The molecular formula is C69H112O6. The number of carbonyl (C=O) groups is 3. The van der Waals surface area contributed by atoms with Crippen LogP contribution in [0.4, 0.5) is 0 Å². The molecule has 0 bridgehead atoms. The molecule has 6 nitrogen and oxygen atoms in total. The molecule has 0 spiro atoms. The van der Waals surface area contributed by atoms with Crippen molar-refractivity contribution in [1.29, 1.82) is 0 Å². The molecule has 0 fully saturated rings. The maximum absolute atomic E-state index is 12.9. The minimum Gasteiger partial charge on any atom is -0.462 e. The average molecular weight is 1040 g/mol. The number of esters is 3. The zero-order valence-electron chi connectivity index (χ0n) is 48.5. The Morgan fingerprint density at radius 1 is 0.280 bits per heavy atom. The van der Waals surface area contributed by atoms with Gasteiger partial charge in [-0.1, -0.05) is 264 Å².